The van der Waals surface area contributed by atoms with Crippen molar-refractivity contribution in [2.24, 2.45) is 0 Å². The maximum Gasteiger partial charge on any atom is 0.252 e. The van der Waals surface area contributed by atoms with E-state index >= 15 is 0 Å². The maximum atomic E-state index is 13.7. The number of carbonyl (C=O) groups excluding carboxylic acids is 2. The zero-order chi connectivity index (χ0) is 14.4. The van der Waals surface area contributed by atoms with E-state index in [-0.39, 0.29) is 28.5 Å². The summed E-state index contributed by atoms with van der Waals surface area (Å²) < 4.78 is 15.6. The normalized spacial score (nSPS) is 19.9. The fourth-order valence-corrected chi connectivity index (χ4v) is 2.89. The molecule has 2 amide bonds. The van der Waals surface area contributed by atoms with E-state index in [1.165, 1.54) is 13.1 Å². The van der Waals surface area contributed by atoms with Crippen LogP contribution in [0.15, 0.2) is 18.2 Å². The first-order valence-electron chi connectivity index (χ1n) is 6.20. The number of likely N-dealkylation sites (tertiary alicyclic amines) is 1. The van der Waals surface area contributed by atoms with Gasteiger partial charge in [-0.15, -0.1) is 0 Å². The van der Waals surface area contributed by atoms with Crippen LogP contribution in [-0.2, 0) is 9.59 Å². The molecule has 0 bridgehead atoms. The summed E-state index contributed by atoms with van der Waals surface area (Å²) in [4.78, 5) is 27.7. The van der Waals surface area contributed by atoms with Crippen molar-refractivity contribution in [1.29, 1.82) is 0 Å². The molecule has 1 aromatic carbocycles. The first-order valence-corrected chi connectivity index (χ1v) is 6.60. The van der Waals surface area contributed by atoms with Gasteiger partial charge in [-0.2, -0.15) is 0 Å². The van der Waals surface area contributed by atoms with Crippen molar-refractivity contribution in [2.75, 3.05) is 7.05 Å². The van der Waals surface area contributed by atoms with Gasteiger partial charge in [-0.3, -0.25) is 14.5 Å². The van der Waals surface area contributed by atoms with Gasteiger partial charge in [-0.25, -0.2) is 4.39 Å². The van der Waals surface area contributed by atoms with E-state index < -0.39 is 11.9 Å². The SMILES string of the molecule is CN1C(=O)CCC(n2c(=S)[nH]c3c(F)cccc32)C1=O. The van der Waals surface area contributed by atoms with Gasteiger partial charge < -0.3 is 9.55 Å². The third-order valence-corrected chi connectivity index (χ3v) is 3.93. The maximum absolute atomic E-state index is 13.7. The summed E-state index contributed by atoms with van der Waals surface area (Å²) >= 11 is 5.20. The number of H-pyrrole nitrogens is 1. The summed E-state index contributed by atoms with van der Waals surface area (Å²) in [5.41, 5.74) is 0.820. The standard InChI is InChI=1S/C13H12FN3O2S/c1-16-10(18)6-5-9(12(16)19)17-8-4-2-3-7(14)11(8)15-13(17)20/h2-4,9H,5-6H2,1H3,(H,15,20). The molecule has 1 fully saturated rings. The zero-order valence-corrected chi connectivity index (χ0v) is 11.5. The second-order valence-corrected chi connectivity index (χ2v) is 5.17. The van der Waals surface area contributed by atoms with E-state index in [1.807, 2.05) is 0 Å². The largest absolute Gasteiger partial charge is 0.328 e. The van der Waals surface area contributed by atoms with Crippen LogP contribution in [0.4, 0.5) is 4.39 Å². The number of imidazole rings is 1. The number of rotatable bonds is 1. The molecule has 1 atom stereocenters. The fourth-order valence-electron chi connectivity index (χ4n) is 2.56. The molecule has 2 heterocycles. The topological polar surface area (TPSA) is 58.1 Å². The van der Waals surface area contributed by atoms with Crippen LogP contribution in [0, 0.1) is 10.6 Å². The van der Waals surface area contributed by atoms with Gasteiger partial charge >= 0.3 is 0 Å². The van der Waals surface area contributed by atoms with Gasteiger partial charge in [0.05, 0.1) is 5.52 Å². The Morgan fingerprint density at radius 3 is 2.90 bits per heavy atom. The first-order chi connectivity index (χ1) is 9.50. The number of hydrogen-bond acceptors (Lipinski definition) is 3. The number of nitrogens with one attached hydrogen (secondary N) is 1. The lowest BCUT2D eigenvalue weighted by atomic mass is 10.0. The molecule has 20 heavy (non-hydrogen) atoms. The molecule has 1 aliphatic heterocycles. The summed E-state index contributed by atoms with van der Waals surface area (Å²) in [5, 5.41) is 0. The van der Waals surface area contributed by atoms with Gasteiger partial charge in [0.1, 0.15) is 17.4 Å². The third-order valence-electron chi connectivity index (χ3n) is 3.63. The molecule has 104 valence electrons. The van der Waals surface area contributed by atoms with Gasteiger partial charge in [-0.05, 0) is 30.8 Å². The number of fused-ring (bicyclic) bond motifs is 1. The zero-order valence-electron chi connectivity index (χ0n) is 10.7. The fraction of sp³-hybridized carbons (Fsp3) is 0.308. The van der Waals surface area contributed by atoms with Crippen molar-refractivity contribution in [3.05, 3.63) is 28.8 Å². The van der Waals surface area contributed by atoms with E-state index in [9.17, 15) is 14.0 Å². The van der Waals surface area contributed by atoms with Gasteiger partial charge in [-0.1, -0.05) is 6.07 Å². The van der Waals surface area contributed by atoms with Crippen LogP contribution in [0.5, 0.6) is 0 Å². The summed E-state index contributed by atoms with van der Waals surface area (Å²) in [6, 6.07) is 4.03. The quantitative estimate of drug-likeness (QED) is 0.647. The molecule has 0 radical (unpaired) electrons. The second-order valence-electron chi connectivity index (χ2n) is 4.78. The summed E-state index contributed by atoms with van der Waals surface area (Å²) in [5.74, 6) is -0.939. The van der Waals surface area contributed by atoms with Gasteiger partial charge in [0, 0.05) is 13.5 Å². The minimum absolute atomic E-state index is 0.205. The van der Waals surface area contributed by atoms with E-state index in [4.69, 9.17) is 12.2 Å². The molecule has 7 heteroatoms. The number of likely N-dealkylation sites (N-methyl/N-ethyl adjacent to an activating group) is 1. The van der Waals surface area contributed by atoms with Crippen molar-refractivity contribution in [3.63, 3.8) is 0 Å². The smallest absolute Gasteiger partial charge is 0.252 e. The van der Waals surface area contributed by atoms with E-state index in [0.29, 0.717) is 11.9 Å². The van der Waals surface area contributed by atoms with E-state index in [1.54, 1.807) is 16.7 Å². The molecular formula is C13H12FN3O2S. The number of carbonyl (C=O) groups is 2. The van der Waals surface area contributed by atoms with Crippen LogP contribution in [0.1, 0.15) is 18.9 Å². The lowest BCUT2D eigenvalue weighted by Crippen LogP contribution is -2.43. The van der Waals surface area contributed by atoms with Crippen molar-refractivity contribution >= 4 is 35.1 Å². The molecule has 1 aromatic heterocycles. The molecule has 1 saturated heterocycles. The van der Waals surface area contributed by atoms with Crippen LogP contribution < -0.4 is 0 Å². The van der Waals surface area contributed by atoms with Gasteiger partial charge in [0.2, 0.25) is 5.91 Å². The summed E-state index contributed by atoms with van der Waals surface area (Å²) in [6.45, 7) is 0. The predicted octanol–water partition coefficient (Wildman–Crippen LogP) is 2.16. The second kappa shape index (κ2) is 4.52. The molecule has 1 aliphatic rings. The van der Waals surface area contributed by atoms with Gasteiger partial charge in [0.15, 0.2) is 4.77 Å². The number of nitrogens with zero attached hydrogens (tertiary/aromatic N) is 2. The first kappa shape index (κ1) is 13.0. The number of amides is 2. The molecule has 0 saturated carbocycles. The van der Waals surface area contributed by atoms with Crippen molar-refractivity contribution in [2.45, 2.75) is 18.9 Å². The number of para-hydroxylation sites is 1. The van der Waals surface area contributed by atoms with Gasteiger partial charge in [0.25, 0.3) is 5.91 Å². The average Bonchev–Trinajstić information content (AvgIpc) is 2.75. The highest BCUT2D eigenvalue weighted by atomic mass is 32.1. The van der Waals surface area contributed by atoms with Crippen molar-refractivity contribution < 1.29 is 14.0 Å². The molecule has 3 rings (SSSR count). The van der Waals surface area contributed by atoms with E-state index in [0.717, 1.165) is 4.90 Å². The van der Waals surface area contributed by atoms with Crippen molar-refractivity contribution in [1.82, 2.24) is 14.5 Å². The number of aromatic nitrogens is 2. The lowest BCUT2D eigenvalue weighted by molar-refractivity contribution is -0.149. The Labute approximate surface area is 119 Å². The highest BCUT2D eigenvalue weighted by Crippen LogP contribution is 2.28. The minimum Gasteiger partial charge on any atom is -0.328 e. The summed E-state index contributed by atoms with van der Waals surface area (Å²) in [7, 11) is 1.45. The number of benzene rings is 1. The summed E-state index contributed by atoms with van der Waals surface area (Å²) in [6.07, 6.45) is 0.649. The highest BCUT2D eigenvalue weighted by Gasteiger charge is 2.34. The highest BCUT2D eigenvalue weighted by molar-refractivity contribution is 7.71. The molecular weight excluding hydrogens is 281 g/mol. The number of halogens is 1. The van der Waals surface area contributed by atoms with Crippen LogP contribution in [0.25, 0.3) is 11.0 Å². The van der Waals surface area contributed by atoms with E-state index in [2.05, 4.69) is 4.98 Å². The molecule has 1 unspecified atom stereocenters. The monoisotopic (exact) mass is 293 g/mol. The predicted molar refractivity (Wildman–Crippen MR) is 73.1 cm³/mol. The van der Waals surface area contributed by atoms with Crippen LogP contribution >= 0.6 is 12.2 Å². The number of imide groups is 1. The lowest BCUT2D eigenvalue weighted by Gasteiger charge is -2.28. The van der Waals surface area contributed by atoms with Crippen LogP contribution in [0.3, 0.4) is 0 Å². The Hall–Kier alpha value is -2.02. The molecule has 1 N–H and O–H groups in total. The Morgan fingerprint density at radius 2 is 2.15 bits per heavy atom. The minimum atomic E-state index is -0.569. The Morgan fingerprint density at radius 1 is 1.40 bits per heavy atom. The molecule has 5 nitrogen and oxygen atoms in total. The van der Waals surface area contributed by atoms with Crippen molar-refractivity contribution in [3.8, 4) is 0 Å². The number of aromatic amines is 1. The Bertz CT molecular complexity index is 780. The number of hydrogen-bond donors (Lipinski definition) is 1. The number of piperidine rings is 1. The molecule has 0 aliphatic carbocycles. The third kappa shape index (κ3) is 1.77. The Kier molecular flexibility index (Phi) is 2.93. The van der Waals surface area contributed by atoms with Crippen LogP contribution in [-0.4, -0.2) is 33.3 Å². The Balaban J connectivity index is 2.18. The van der Waals surface area contributed by atoms with Crippen LogP contribution in [0.2, 0.25) is 0 Å². The molecule has 0 spiro atoms. The average molecular weight is 293 g/mol. The molecule has 2 aromatic rings.